The van der Waals surface area contributed by atoms with Crippen LogP contribution in [0.4, 0.5) is 5.13 Å². The van der Waals surface area contributed by atoms with Gasteiger partial charge in [0.05, 0.1) is 23.1 Å². The van der Waals surface area contributed by atoms with Crippen LogP contribution in [0.3, 0.4) is 0 Å². The third-order valence-electron chi connectivity index (χ3n) is 3.95. The Morgan fingerprint density at radius 3 is 2.88 bits per heavy atom. The van der Waals surface area contributed by atoms with Crippen molar-refractivity contribution in [2.45, 2.75) is 4.90 Å². The second-order valence-electron chi connectivity index (χ2n) is 5.67. The Labute approximate surface area is 159 Å². The van der Waals surface area contributed by atoms with Gasteiger partial charge in [0.1, 0.15) is 5.75 Å². The van der Waals surface area contributed by atoms with Gasteiger partial charge >= 0.3 is 0 Å². The van der Waals surface area contributed by atoms with Gasteiger partial charge in [-0.25, -0.2) is 4.98 Å². The molecule has 0 saturated heterocycles. The first-order valence-electron chi connectivity index (χ1n) is 8.08. The van der Waals surface area contributed by atoms with Gasteiger partial charge in [0.15, 0.2) is 5.13 Å². The number of hydrogen-bond acceptors (Lipinski definition) is 5. The van der Waals surface area contributed by atoms with E-state index in [2.05, 4.69) is 28.5 Å². The Hall–Kier alpha value is -2.57. The van der Waals surface area contributed by atoms with Gasteiger partial charge in [-0.3, -0.25) is 4.79 Å². The van der Waals surface area contributed by atoms with Gasteiger partial charge in [-0.1, -0.05) is 47.7 Å². The molecule has 1 amide bonds. The number of thiazole rings is 1. The maximum absolute atomic E-state index is 12.3. The fraction of sp³-hybridized carbons (Fsp3) is 0.100. The van der Waals surface area contributed by atoms with Gasteiger partial charge in [-0.15, -0.1) is 11.8 Å². The number of ether oxygens (including phenoxy) is 1. The van der Waals surface area contributed by atoms with Crippen LogP contribution < -0.4 is 10.1 Å². The summed E-state index contributed by atoms with van der Waals surface area (Å²) in [6.45, 7) is 0. The molecule has 0 unspecified atom stereocenters. The Morgan fingerprint density at radius 1 is 1.15 bits per heavy atom. The lowest BCUT2D eigenvalue weighted by Crippen LogP contribution is -2.13. The number of hydrogen-bond donors (Lipinski definition) is 1. The third kappa shape index (κ3) is 3.52. The van der Waals surface area contributed by atoms with E-state index in [-0.39, 0.29) is 5.91 Å². The fourth-order valence-corrected chi connectivity index (χ4v) is 4.49. The largest absolute Gasteiger partial charge is 0.497 e. The van der Waals surface area contributed by atoms with Crippen LogP contribution >= 0.6 is 23.1 Å². The predicted octanol–water partition coefficient (Wildman–Crippen LogP) is 5.19. The average Bonchev–Trinajstić information content (AvgIpc) is 3.07. The van der Waals surface area contributed by atoms with Crippen molar-refractivity contribution in [1.29, 1.82) is 0 Å². The number of rotatable bonds is 5. The molecule has 4 aromatic rings. The van der Waals surface area contributed by atoms with Gasteiger partial charge in [0, 0.05) is 4.90 Å². The van der Waals surface area contributed by atoms with Gasteiger partial charge < -0.3 is 10.1 Å². The number of fused-ring (bicyclic) bond motifs is 2. The second-order valence-corrected chi connectivity index (χ2v) is 7.71. The van der Waals surface area contributed by atoms with Crippen LogP contribution in [0.5, 0.6) is 5.75 Å². The van der Waals surface area contributed by atoms with Crippen LogP contribution in [-0.4, -0.2) is 23.8 Å². The molecule has 130 valence electrons. The van der Waals surface area contributed by atoms with E-state index < -0.39 is 0 Å². The highest BCUT2D eigenvalue weighted by molar-refractivity contribution is 8.00. The fourth-order valence-electron chi connectivity index (χ4n) is 2.71. The number of methoxy groups -OCH3 is 1. The van der Waals surface area contributed by atoms with Crippen LogP contribution in [-0.2, 0) is 4.79 Å². The summed E-state index contributed by atoms with van der Waals surface area (Å²) in [6.07, 6.45) is 0. The highest BCUT2D eigenvalue weighted by Crippen LogP contribution is 2.30. The second kappa shape index (κ2) is 7.35. The molecule has 0 atom stereocenters. The number of nitrogens with one attached hydrogen (secondary N) is 1. The normalized spacial score (nSPS) is 11.0. The first kappa shape index (κ1) is 16.9. The Bertz CT molecular complexity index is 1090. The minimum atomic E-state index is -0.0612. The summed E-state index contributed by atoms with van der Waals surface area (Å²) in [6, 6.07) is 20.0. The molecule has 1 aromatic heterocycles. The molecule has 0 aliphatic rings. The van der Waals surface area contributed by atoms with E-state index in [4.69, 9.17) is 4.74 Å². The minimum absolute atomic E-state index is 0.0612. The lowest BCUT2D eigenvalue weighted by Gasteiger charge is -2.06. The maximum Gasteiger partial charge on any atom is 0.236 e. The van der Waals surface area contributed by atoms with Crippen LogP contribution in [0.2, 0.25) is 0 Å². The summed E-state index contributed by atoms with van der Waals surface area (Å²) in [7, 11) is 1.63. The molecule has 4 rings (SSSR count). The van der Waals surface area contributed by atoms with Crippen LogP contribution in [0, 0.1) is 0 Å². The predicted molar refractivity (Wildman–Crippen MR) is 109 cm³/mol. The van der Waals surface area contributed by atoms with E-state index in [1.54, 1.807) is 7.11 Å². The zero-order valence-electron chi connectivity index (χ0n) is 14.1. The molecular formula is C20H16N2O2S2. The molecule has 3 aromatic carbocycles. The molecule has 0 aliphatic heterocycles. The monoisotopic (exact) mass is 380 g/mol. The summed E-state index contributed by atoms with van der Waals surface area (Å²) in [5, 5.41) is 5.85. The van der Waals surface area contributed by atoms with E-state index >= 15 is 0 Å². The first-order chi connectivity index (χ1) is 12.7. The maximum atomic E-state index is 12.3. The quantitative estimate of drug-likeness (QED) is 0.484. The molecule has 0 aliphatic carbocycles. The minimum Gasteiger partial charge on any atom is -0.497 e. The zero-order valence-corrected chi connectivity index (χ0v) is 15.7. The smallest absolute Gasteiger partial charge is 0.236 e. The number of benzene rings is 3. The zero-order chi connectivity index (χ0) is 17.9. The van der Waals surface area contributed by atoms with Crippen molar-refractivity contribution in [1.82, 2.24) is 4.98 Å². The lowest BCUT2D eigenvalue weighted by molar-refractivity contribution is -0.113. The lowest BCUT2D eigenvalue weighted by atomic mass is 10.1. The Kier molecular flexibility index (Phi) is 4.77. The van der Waals surface area contributed by atoms with E-state index in [1.165, 1.54) is 33.9 Å². The van der Waals surface area contributed by atoms with Crippen LogP contribution in [0.25, 0.3) is 21.0 Å². The molecular weight excluding hydrogens is 364 g/mol. The molecule has 0 radical (unpaired) electrons. The number of carbonyl (C=O) groups excluding carboxylic acids is 1. The average molecular weight is 380 g/mol. The molecule has 0 bridgehead atoms. The van der Waals surface area contributed by atoms with Crippen LogP contribution in [0.1, 0.15) is 0 Å². The first-order valence-corrected chi connectivity index (χ1v) is 9.88. The summed E-state index contributed by atoms with van der Waals surface area (Å²) in [5.41, 5.74) is 0.854. The van der Waals surface area contributed by atoms with Crippen molar-refractivity contribution >= 4 is 55.1 Å². The molecule has 0 saturated carbocycles. The van der Waals surface area contributed by atoms with E-state index in [9.17, 15) is 4.79 Å². The summed E-state index contributed by atoms with van der Waals surface area (Å²) in [4.78, 5) is 17.9. The van der Waals surface area contributed by atoms with Crippen molar-refractivity contribution in [2.24, 2.45) is 0 Å². The van der Waals surface area contributed by atoms with Gasteiger partial charge in [0.25, 0.3) is 0 Å². The number of aromatic nitrogens is 1. The summed E-state index contributed by atoms with van der Waals surface area (Å²) in [5.74, 6) is 1.06. The molecule has 4 nitrogen and oxygen atoms in total. The number of nitrogens with zero attached hydrogens (tertiary/aromatic N) is 1. The standard InChI is InChI=1S/C20H16N2O2S2/c1-24-14-9-10-16-18(11-14)26-20(21-16)22-19(23)12-25-17-8-4-6-13-5-2-3-7-15(13)17/h2-11H,12H2,1H3,(H,21,22,23). The van der Waals surface area contributed by atoms with Crippen molar-refractivity contribution in [3.63, 3.8) is 0 Å². The molecule has 0 spiro atoms. The molecule has 1 N–H and O–H groups in total. The summed E-state index contributed by atoms with van der Waals surface area (Å²) < 4.78 is 6.21. The topological polar surface area (TPSA) is 51.2 Å². The number of thioether (sulfide) groups is 1. The van der Waals surface area contributed by atoms with Gasteiger partial charge in [0.2, 0.25) is 5.91 Å². The van der Waals surface area contributed by atoms with Crippen molar-refractivity contribution < 1.29 is 9.53 Å². The highest BCUT2D eigenvalue weighted by atomic mass is 32.2. The van der Waals surface area contributed by atoms with Crippen molar-refractivity contribution in [3.8, 4) is 5.75 Å². The Balaban J connectivity index is 1.45. The van der Waals surface area contributed by atoms with Crippen molar-refractivity contribution in [2.75, 3.05) is 18.2 Å². The van der Waals surface area contributed by atoms with Gasteiger partial charge in [-0.2, -0.15) is 0 Å². The Morgan fingerprint density at radius 2 is 2.00 bits per heavy atom. The molecule has 0 fully saturated rings. The van der Waals surface area contributed by atoms with Crippen LogP contribution in [0.15, 0.2) is 65.6 Å². The molecule has 26 heavy (non-hydrogen) atoms. The number of anilines is 1. The summed E-state index contributed by atoms with van der Waals surface area (Å²) >= 11 is 2.98. The molecule has 1 heterocycles. The van der Waals surface area contributed by atoms with Crippen molar-refractivity contribution in [3.05, 3.63) is 60.7 Å². The third-order valence-corrected chi connectivity index (χ3v) is 5.96. The number of amides is 1. The molecule has 6 heteroatoms. The van der Waals surface area contributed by atoms with E-state index in [1.807, 2.05) is 42.5 Å². The van der Waals surface area contributed by atoms with E-state index in [0.29, 0.717) is 10.9 Å². The highest BCUT2D eigenvalue weighted by Gasteiger charge is 2.10. The SMILES string of the molecule is COc1ccc2nc(NC(=O)CSc3cccc4ccccc34)sc2c1. The van der Waals surface area contributed by atoms with E-state index in [0.717, 1.165) is 20.9 Å². The van der Waals surface area contributed by atoms with Gasteiger partial charge in [-0.05, 0) is 35.0 Å². The number of carbonyl (C=O) groups is 1.